The predicted molar refractivity (Wildman–Crippen MR) is 122 cm³/mol. The first-order valence-corrected chi connectivity index (χ1v) is 11.0. The van der Waals surface area contributed by atoms with Crippen LogP contribution in [0.3, 0.4) is 0 Å². The van der Waals surface area contributed by atoms with Gasteiger partial charge in [-0.1, -0.05) is 84.9 Å². The summed E-state index contributed by atoms with van der Waals surface area (Å²) in [5.74, 6) is -1.10. The van der Waals surface area contributed by atoms with Crippen molar-refractivity contribution in [2.24, 2.45) is 0 Å². The Kier molecular flexibility index (Phi) is 5.21. The van der Waals surface area contributed by atoms with E-state index in [0.29, 0.717) is 13.1 Å². The molecule has 1 fully saturated rings. The van der Waals surface area contributed by atoms with Gasteiger partial charge in [-0.2, -0.15) is 0 Å². The average molecular weight is 440 g/mol. The first-order valence-electron chi connectivity index (χ1n) is 11.0. The molecule has 0 bridgehead atoms. The van der Waals surface area contributed by atoms with Gasteiger partial charge < -0.3 is 9.64 Å². The van der Waals surface area contributed by atoms with Crippen LogP contribution in [0.2, 0.25) is 0 Å². The Hall–Kier alpha value is -3.93. The molecule has 0 unspecified atom stereocenters. The Morgan fingerprint density at radius 3 is 2.03 bits per heavy atom. The van der Waals surface area contributed by atoms with Crippen LogP contribution in [0.25, 0.3) is 0 Å². The number of ether oxygens (including phenoxy) is 1. The summed E-state index contributed by atoms with van der Waals surface area (Å²) in [4.78, 5) is 43.5. The van der Waals surface area contributed by atoms with Crippen LogP contribution in [0.1, 0.15) is 35.2 Å². The predicted octanol–water partition coefficient (Wildman–Crippen LogP) is 4.25. The molecule has 0 aliphatic carbocycles. The smallest absolute Gasteiger partial charge is 0.418 e. The molecule has 2 aliphatic rings. The molecule has 3 amide bonds. The standard InChI is InChI=1S/C27H24N2O4/c1-19(21-12-6-3-7-13-21)29-25(31)27(33-26(29)32,16-20-10-4-2-5-11-20)24(30)28-17-22-14-8-9-15-23(22)18-28/h2-15,19H,16-18H2,1H3/t19-,27-/m1/s1. The molecule has 0 saturated carbocycles. The van der Waals surface area contributed by atoms with E-state index in [0.717, 1.165) is 27.2 Å². The summed E-state index contributed by atoms with van der Waals surface area (Å²) in [6.45, 7) is 2.53. The minimum atomic E-state index is -1.93. The van der Waals surface area contributed by atoms with Gasteiger partial charge in [-0.05, 0) is 29.2 Å². The number of imide groups is 1. The molecule has 2 atom stereocenters. The molecule has 1 saturated heterocycles. The number of carbonyl (C=O) groups excluding carboxylic acids is 3. The highest BCUT2D eigenvalue weighted by Crippen LogP contribution is 2.37. The van der Waals surface area contributed by atoms with Crippen LogP contribution in [0, 0.1) is 0 Å². The fourth-order valence-electron chi connectivity index (χ4n) is 4.67. The summed E-state index contributed by atoms with van der Waals surface area (Å²) in [6.07, 6.45) is -0.806. The molecule has 0 aromatic heterocycles. The van der Waals surface area contributed by atoms with Crippen LogP contribution in [0.15, 0.2) is 84.9 Å². The van der Waals surface area contributed by atoms with Crippen molar-refractivity contribution in [1.29, 1.82) is 0 Å². The topological polar surface area (TPSA) is 66.9 Å². The number of cyclic esters (lactones) is 1. The normalized spacial score (nSPS) is 20.5. The molecule has 5 rings (SSSR count). The maximum absolute atomic E-state index is 13.9. The third-order valence-corrected chi connectivity index (χ3v) is 6.46. The lowest BCUT2D eigenvalue weighted by atomic mass is 9.91. The molecule has 6 heteroatoms. The van der Waals surface area contributed by atoms with Crippen LogP contribution in [0.4, 0.5) is 4.79 Å². The second-order valence-corrected chi connectivity index (χ2v) is 8.55. The number of nitrogens with zero attached hydrogens (tertiary/aromatic N) is 2. The van der Waals surface area contributed by atoms with E-state index in [1.807, 2.05) is 84.9 Å². The molecule has 3 aromatic carbocycles. The summed E-state index contributed by atoms with van der Waals surface area (Å²) < 4.78 is 5.74. The van der Waals surface area contributed by atoms with Crippen molar-refractivity contribution < 1.29 is 19.1 Å². The highest BCUT2D eigenvalue weighted by Gasteiger charge is 2.62. The Morgan fingerprint density at radius 1 is 0.879 bits per heavy atom. The Labute approximate surface area is 192 Å². The van der Waals surface area contributed by atoms with Crippen LogP contribution < -0.4 is 0 Å². The van der Waals surface area contributed by atoms with E-state index in [-0.39, 0.29) is 6.42 Å². The van der Waals surface area contributed by atoms with Crippen molar-refractivity contribution in [2.45, 2.75) is 38.1 Å². The molecule has 166 valence electrons. The molecular formula is C27H24N2O4. The van der Waals surface area contributed by atoms with Gasteiger partial charge in [0.15, 0.2) is 0 Å². The summed E-state index contributed by atoms with van der Waals surface area (Å²) in [5.41, 5.74) is 1.68. The lowest BCUT2D eigenvalue weighted by Crippen LogP contribution is -2.55. The van der Waals surface area contributed by atoms with Crippen LogP contribution in [-0.4, -0.2) is 33.3 Å². The number of carbonyl (C=O) groups is 3. The Balaban J connectivity index is 1.52. The molecule has 0 spiro atoms. The highest BCUT2D eigenvalue weighted by atomic mass is 16.6. The molecule has 33 heavy (non-hydrogen) atoms. The van der Waals surface area contributed by atoms with Crippen molar-refractivity contribution >= 4 is 17.9 Å². The van der Waals surface area contributed by atoms with E-state index < -0.39 is 29.6 Å². The fraction of sp³-hybridized carbons (Fsp3) is 0.222. The van der Waals surface area contributed by atoms with Crippen LogP contribution >= 0.6 is 0 Å². The monoisotopic (exact) mass is 440 g/mol. The third kappa shape index (κ3) is 3.57. The van der Waals surface area contributed by atoms with Crippen LogP contribution in [0.5, 0.6) is 0 Å². The first-order chi connectivity index (χ1) is 16.0. The third-order valence-electron chi connectivity index (χ3n) is 6.46. The quantitative estimate of drug-likeness (QED) is 0.557. The van der Waals surface area contributed by atoms with Gasteiger partial charge in [0.25, 0.3) is 17.4 Å². The van der Waals surface area contributed by atoms with Crippen molar-refractivity contribution in [3.8, 4) is 0 Å². The molecule has 2 aliphatic heterocycles. The van der Waals surface area contributed by atoms with Crippen molar-refractivity contribution in [2.75, 3.05) is 0 Å². The lowest BCUT2D eigenvalue weighted by Gasteiger charge is -2.29. The zero-order valence-electron chi connectivity index (χ0n) is 18.3. The van der Waals surface area contributed by atoms with Gasteiger partial charge >= 0.3 is 6.09 Å². The first kappa shape index (κ1) is 20.9. The van der Waals surface area contributed by atoms with Crippen molar-refractivity contribution in [1.82, 2.24) is 9.80 Å². The zero-order valence-corrected chi connectivity index (χ0v) is 18.3. The minimum Gasteiger partial charge on any atom is -0.422 e. The molecule has 6 nitrogen and oxygen atoms in total. The van der Waals surface area contributed by atoms with Gasteiger partial charge in [0.1, 0.15) is 0 Å². The van der Waals surface area contributed by atoms with E-state index in [4.69, 9.17) is 4.74 Å². The number of hydrogen-bond acceptors (Lipinski definition) is 4. The highest BCUT2D eigenvalue weighted by molar-refractivity contribution is 6.17. The number of rotatable bonds is 5. The molecular weight excluding hydrogens is 416 g/mol. The molecule has 0 radical (unpaired) electrons. The van der Waals surface area contributed by atoms with Gasteiger partial charge in [-0.15, -0.1) is 0 Å². The summed E-state index contributed by atoms with van der Waals surface area (Å²) in [6, 6.07) is 25.7. The minimum absolute atomic E-state index is 0.0118. The Morgan fingerprint density at radius 2 is 1.42 bits per heavy atom. The maximum Gasteiger partial charge on any atom is 0.418 e. The van der Waals surface area contributed by atoms with Crippen LogP contribution in [-0.2, 0) is 33.8 Å². The van der Waals surface area contributed by atoms with Gasteiger partial charge in [0.05, 0.1) is 6.04 Å². The van der Waals surface area contributed by atoms with E-state index in [2.05, 4.69) is 0 Å². The molecule has 3 aromatic rings. The molecule has 2 heterocycles. The average Bonchev–Trinajstić information content (AvgIpc) is 3.38. The van der Waals surface area contributed by atoms with Gasteiger partial charge in [0, 0.05) is 19.5 Å². The largest absolute Gasteiger partial charge is 0.422 e. The SMILES string of the molecule is C[C@H](c1ccccc1)N1C(=O)O[C@](Cc2ccccc2)(C(=O)N2Cc3ccccc3C2)C1=O. The number of benzene rings is 3. The second kappa shape index (κ2) is 8.20. The lowest BCUT2D eigenvalue weighted by molar-refractivity contribution is -0.157. The zero-order chi connectivity index (χ0) is 23.0. The van der Waals surface area contributed by atoms with Crippen molar-refractivity contribution in [3.05, 3.63) is 107 Å². The maximum atomic E-state index is 13.9. The fourth-order valence-corrected chi connectivity index (χ4v) is 4.67. The summed E-state index contributed by atoms with van der Waals surface area (Å²) in [5, 5.41) is 0. The van der Waals surface area contributed by atoms with E-state index >= 15 is 0 Å². The Bertz CT molecular complexity index is 1190. The van der Waals surface area contributed by atoms with E-state index in [9.17, 15) is 14.4 Å². The van der Waals surface area contributed by atoms with Gasteiger partial charge in [-0.25, -0.2) is 9.69 Å². The molecule has 0 N–H and O–H groups in total. The van der Waals surface area contributed by atoms with E-state index in [1.165, 1.54) is 0 Å². The number of fused-ring (bicyclic) bond motifs is 1. The number of hydrogen-bond donors (Lipinski definition) is 0. The summed E-state index contributed by atoms with van der Waals surface area (Å²) >= 11 is 0. The second-order valence-electron chi connectivity index (χ2n) is 8.55. The van der Waals surface area contributed by atoms with E-state index in [1.54, 1.807) is 11.8 Å². The van der Waals surface area contributed by atoms with Gasteiger partial charge in [0.2, 0.25) is 0 Å². The van der Waals surface area contributed by atoms with Crippen molar-refractivity contribution in [3.63, 3.8) is 0 Å². The summed E-state index contributed by atoms with van der Waals surface area (Å²) in [7, 11) is 0. The number of amides is 3. The van der Waals surface area contributed by atoms with Gasteiger partial charge in [-0.3, -0.25) is 9.59 Å².